The van der Waals surface area contributed by atoms with E-state index in [1.807, 2.05) is 31.4 Å². The minimum Gasteiger partial charge on any atom is -0.324 e. The summed E-state index contributed by atoms with van der Waals surface area (Å²) in [6, 6.07) is 5.03. The third kappa shape index (κ3) is 2.26. The van der Waals surface area contributed by atoms with E-state index in [0.717, 1.165) is 11.1 Å². The molecule has 2 N–H and O–H groups in total. The third-order valence-electron chi connectivity index (χ3n) is 2.77. The van der Waals surface area contributed by atoms with Gasteiger partial charge in [0.15, 0.2) is 5.82 Å². The summed E-state index contributed by atoms with van der Waals surface area (Å²) in [5.74, 6) is 1.10. The van der Waals surface area contributed by atoms with Crippen LogP contribution in [0.3, 0.4) is 0 Å². The Morgan fingerprint density at radius 2 is 2.00 bits per heavy atom. The molecule has 0 saturated heterocycles. The van der Waals surface area contributed by atoms with Crippen molar-refractivity contribution in [1.29, 1.82) is 0 Å². The molecule has 0 atom stereocenters. The van der Waals surface area contributed by atoms with Crippen molar-refractivity contribution in [2.75, 3.05) is 0 Å². The lowest BCUT2D eigenvalue weighted by molar-refractivity contribution is 0.573. The first-order valence-corrected chi connectivity index (χ1v) is 5.94. The van der Waals surface area contributed by atoms with Crippen LogP contribution in [-0.4, -0.2) is 14.8 Å². The van der Waals surface area contributed by atoms with E-state index in [0.29, 0.717) is 18.2 Å². The Kier molecular flexibility index (Phi) is 3.43. The standard InChI is InChI=1S/C13H17FN4/c1-8(2)18-12(7-15)16-17-13(18)10-4-9(3)5-11(14)6-10/h4-6,8H,7,15H2,1-3H3. The Labute approximate surface area is 106 Å². The first-order chi connectivity index (χ1) is 8.52. The highest BCUT2D eigenvalue weighted by molar-refractivity contribution is 5.57. The quantitative estimate of drug-likeness (QED) is 0.907. The number of nitrogens with zero attached hydrogens (tertiary/aromatic N) is 3. The highest BCUT2D eigenvalue weighted by atomic mass is 19.1. The number of nitrogens with two attached hydrogens (primary N) is 1. The fourth-order valence-electron chi connectivity index (χ4n) is 2.07. The molecule has 4 nitrogen and oxygen atoms in total. The van der Waals surface area contributed by atoms with Crippen LogP contribution in [0.1, 0.15) is 31.3 Å². The monoisotopic (exact) mass is 248 g/mol. The smallest absolute Gasteiger partial charge is 0.164 e. The first-order valence-electron chi connectivity index (χ1n) is 5.94. The molecule has 0 bridgehead atoms. The average Bonchev–Trinajstić information content (AvgIpc) is 2.71. The van der Waals surface area contributed by atoms with Crippen molar-refractivity contribution < 1.29 is 4.39 Å². The molecule has 0 amide bonds. The summed E-state index contributed by atoms with van der Waals surface area (Å²) in [6.45, 7) is 6.22. The van der Waals surface area contributed by atoms with Crippen molar-refractivity contribution in [1.82, 2.24) is 14.8 Å². The Morgan fingerprint density at radius 1 is 1.28 bits per heavy atom. The Morgan fingerprint density at radius 3 is 2.56 bits per heavy atom. The fraction of sp³-hybridized carbons (Fsp3) is 0.385. The van der Waals surface area contributed by atoms with Crippen molar-refractivity contribution in [3.8, 4) is 11.4 Å². The van der Waals surface area contributed by atoms with Crippen molar-refractivity contribution >= 4 is 0 Å². The van der Waals surface area contributed by atoms with Crippen LogP contribution in [0.15, 0.2) is 18.2 Å². The van der Waals surface area contributed by atoms with Crippen molar-refractivity contribution in [2.24, 2.45) is 5.73 Å². The van der Waals surface area contributed by atoms with Gasteiger partial charge >= 0.3 is 0 Å². The van der Waals surface area contributed by atoms with Gasteiger partial charge in [-0.3, -0.25) is 0 Å². The maximum atomic E-state index is 13.5. The largest absolute Gasteiger partial charge is 0.324 e. The zero-order chi connectivity index (χ0) is 13.3. The van der Waals surface area contributed by atoms with Crippen LogP contribution in [0.4, 0.5) is 4.39 Å². The molecule has 2 aromatic rings. The molecule has 0 aliphatic rings. The van der Waals surface area contributed by atoms with E-state index in [1.165, 1.54) is 12.1 Å². The van der Waals surface area contributed by atoms with Gasteiger partial charge in [-0.15, -0.1) is 10.2 Å². The van der Waals surface area contributed by atoms with Crippen molar-refractivity contribution in [2.45, 2.75) is 33.4 Å². The van der Waals surface area contributed by atoms with Gasteiger partial charge in [0.25, 0.3) is 0 Å². The summed E-state index contributed by atoms with van der Waals surface area (Å²) in [6.07, 6.45) is 0. The summed E-state index contributed by atoms with van der Waals surface area (Å²) < 4.78 is 15.4. The molecule has 18 heavy (non-hydrogen) atoms. The van der Waals surface area contributed by atoms with Crippen LogP contribution in [0, 0.1) is 12.7 Å². The molecule has 96 valence electrons. The van der Waals surface area contributed by atoms with Gasteiger partial charge in [0, 0.05) is 11.6 Å². The zero-order valence-corrected chi connectivity index (χ0v) is 10.8. The summed E-state index contributed by atoms with van der Waals surface area (Å²) in [4.78, 5) is 0. The number of hydrogen-bond donors (Lipinski definition) is 1. The van der Waals surface area contributed by atoms with Crippen LogP contribution in [0.2, 0.25) is 0 Å². The summed E-state index contributed by atoms with van der Waals surface area (Å²) in [5.41, 5.74) is 7.23. The minimum absolute atomic E-state index is 0.178. The second kappa shape index (κ2) is 4.86. The van der Waals surface area contributed by atoms with Crippen LogP contribution in [0.25, 0.3) is 11.4 Å². The summed E-state index contributed by atoms with van der Waals surface area (Å²) in [7, 11) is 0. The normalized spacial score (nSPS) is 11.2. The van der Waals surface area contributed by atoms with E-state index in [9.17, 15) is 4.39 Å². The van der Waals surface area contributed by atoms with Crippen LogP contribution in [0.5, 0.6) is 0 Å². The third-order valence-corrected chi connectivity index (χ3v) is 2.77. The number of rotatable bonds is 3. The predicted octanol–water partition coefficient (Wildman–Crippen LogP) is 2.43. The Bertz CT molecular complexity index is 540. The van der Waals surface area contributed by atoms with E-state index in [1.54, 1.807) is 0 Å². The van der Waals surface area contributed by atoms with Crippen molar-refractivity contribution in [3.05, 3.63) is 35.4 Å². The SMILES string of the molecule is Cc1cc(F)cc(-c2nnc(CN)n2C(C)C)c1. The van der Waals surface area contributed by atoms with E-state index in [2.05, 4.69) is 10.2 Å². The Balaban J connectivity index is 2.60. The minimum atomic E-state index is -0.266. The first kappa shape index (κ1) is 12.7. The highest BCUT2D eigenvalue weighted by Gasteiger charge is 2.15. The molecule has 0 saturated carbocycles. The fourth-order valence-corrected chi connectivity index (χ4v) is 2.07. The zero-order valence-electron chi connectivity index (χ0n) is 10.8. The van der Waals surface area contributed by atoms with Gasteiger partial charge in [-0.05, 0) is 44.5 Å². The highest BCUT2D eigenvalue weighted by Crippen LogP contribution is 2.24. The molecule has 0 fully saturated rings. The second-order valence-electron chi connectivity index (χ2n) is 4.62. The Hall–Kier alpha value is -1.75. The van der Waals surface area contributed by atoms with E-state index < -0.39 is 0 Å². The molecule has 0 spiro atoms. The van der Waals surface area contributed by atoms with E-state index in [4.69, 9.17) is 5.73 Å². The summed E-state index contributed by atoms with van der Waals surface area (Å²) in [5, 5.41) is 8.18. The second-order valence-corrected chi connectivity index (χ2v) is 4.62. The van der Waals surface area contributed by atoms with Crippen LogP contribution < -0.4 is 5.73 Å². The summed E-state index contributed by atoms with van der Waals surface area (Å²) >= 11 is 0. The van der Waals surface area contributed by atoms with Crippen LogP contribution in [-0.2, 0) is 6.54 Å². The van der Waals surface area contributed by atoms with Gasteiger partial charge in [-0.1, -0.05) is 0 Å². The lowest BCUT2D eigenvalue weighted by Gasteiger charge is -2.13. The number of aryl methyl sites for hydroxylation is 1. The van der Waals surface area contributed by atoms with Gasteiger partial charge in [0.2, 0.25) is 0 Å². The molecule has 1 aromatic heterocycles. The molecule has 5 heteroatoms. The molecule has 0 unspecified atom stereocenters. The lowest BCUT2D eigenvalue weighted by atomic mass is 10.1. The van der Waals surface area contributed by atoms with E-state index in [-0.39, 0.29) is 11.9 Å². The molecule has 2 rings (SSSR count). The molecule has 0 radical (unpaired) electrons. The molecule has 1 aromatic carbocycles. The van der Waals surface area contributed by atoms with E-state index >= 15 is 0 Å². The van der Waals surface area contributed by atoms with Gasteiger partial charge in [-0.2, -0.15) is 0 Å². The van der Waals surface area contributed by atoms with Gasteiger partial charge in [0.1, 0.15) is 11.6 Å². The van der Waals surface area contributed by atoms with Crippen LogP contribution >= 0.6 is 0 Å². The molecular formula is C13H17FN4. The number of hydrogen-bond acceptors (Lipinski definition) is 3. The molecule has 1 heterocycles. The maximum absolute atomic E-state index is 13.5. The molecular weight excluding hydrogens is 231 g/mol. The van der Waals surface area contributed by atoms with Gasteiger partial charge < -0.3 is 10.3 Å². The average molecular weight is 248 g/mol. The topological polar surface area (TPSA) is 56.7 Å². The molecule has 0 aliphatic carbocycles. The van der Waals surface area contributed by atoms with Crippen molar-refractivity contribution in [3.63, 3.8) is 0 Å². The number of aromatic nitrogens is 3. The predicted molar refractivity (Wildman–Crippen MR) is 68.4 cm³/mol. The lowest BCUT2D eigenvalue weighted by Crippen LogP contribution is -2.11. The van der Waals surface area contributed by atoms with Gasteiger partial charge in [0.05, 0.1) is 6.54 Å². The maximum Gasteiger partial charge on any atom is 0.164 e. The number of benzene rings is 1. The van der Waals surface area contributed by atoms with Gasteiger partial charge in [-0.25, -0.2) is 4.39 Å². The number of halogens is 1. The molecule has 0 aliphatic heterocycles.